The molecule has 0 fully saturated rings. The van der Waals surface area contributed by atoms with E-state index in [4.69, 9.17) is 0 Å². The van der Waals surface area contributed by atoms with E-state index in [-0.39, 0.29) is 24.6 Å². The number of carbonyl (C=O) groups is 2. The first kappa shape index (κ1) is 17.3. The highest BCUT2D eigenvalue weighted by Gasteiger charge is 2.09. The molecule has 0 radical (unpaired) electrons. The van der Waals surface area contributed by atoms with E-state index in [9.17, 15) is 19.7 Å². The summed E-state index contributed by atoms with van der Waals surface area (Å²) in [5.41, 5.74) is 5.74. The number of non-ortho nitro benzene ring substituents is 1. The predicted molar refractivity (Wildman–Crippen MR) is 88.4 cm³/mol. The van der Waals surface area contributed by atoms with E-state index in [0.29, 0.717) is 10.7 Å². The molecule has 0 aliphatic carbocycles. The lowest BCUT2D eigenvalue weighted by molar-refractivity contribution is -0.384. The average molecular weight is 349 g/mol. The monoisotopic (exact) mass is 349 g/mol. The molecular formula is C14H15N5O4S. The minimum absolute atomic E-state index is 0.0764. The molecule has 2 rings (SSSR count). The van der Waals surface area contributed by atoms with Gasteiger partial charge < -0.3 is 5.32 Å². The van der Waals surface area contributed by atoms with Crippen molar-refractivity contribution in [1.29, 1.82) is 0 Å². The number of carbonyl (C=O) groups excluding carboxylic acids is 2. The van der Waals surface area contributed by atoms with Crippen LogP contribution >= 0.6 is 11.3 Å². The number of nitro benzene ring substituents is 1. The Labute approximate surface area is 141 Å². The number of rotatable bonds is 6. The van der Waals surface area contributed by atoms with Crippen molar-refractivity contribution in [2.75, 3.05) is 11.9 Å². The fourth-order valence-electron chi connectivity index (χ4n) is 1.76. The Morgan fingerprint density at radius 2 is 2.04 bits per heavy atom. The van der Waals surface area contributed by atoms with E-state index in [2.05, 4.69) is 21.2 Å². The van der Waals surface area contributed by atoms with Crippen LogP contribution in [-0.4, -0.2) is 28.3 Å². The zero-order valence-electron chi connectivity index (χ0n) is 12.7. The number of nitro groups is 1. The standard InChI is InChI=1S/C14H15N5O4S/c1-9-8-24-14(16-9)6-12(20)17-18-13(21)7-15-10-3-2-4-11(5-10)19(22)23/h2-5,8,15H,6-7H2,1H3,(H,17,20)(H,18,21). The van der Waals surface area contributed by atoms with Crippen molar-refractivity contribution in [3.8, 4) is 0 Å². The molecular weight excluding hydrogens is 334 g/mol. The predicted octanol–water partition coefficient (Wildman–Crippen LogP) is 1.16. The molecule has 0 bridgehead atoms. The molecule has 10 heteroatoms. The molecule has 2 aromatic rings. The quantitative estimate of drug-likeness (QED) is 0.531. The summed E-state index contributed by atoms with van der Waals surface area (Å²) < 4.78 is 0. The smallest absolute Gasteiger partial charge is 0.271 e. The fourth-order valence-corrected chi connectivity index (χ4v) is 2.53. The molecule has 0 atom stereocenters. The van der Waals surface area contributed by atoms with Crippen molar-refractivity contribution < 1.29 is 14.5 Å². The summed E-state index contributed by atoms with van der Waals surface area (Å²) in [5, 5.41) is 15.9. The molecule has 9 nitrogen and oxygen atoms in total. The van der Waals surface area contributed by atoms with E-state index in [1.807, 2.05) is 12.3 Å². The minimum Gasteiger partial charge on any atom is -0.376 e. The number of hydrazine groups is 1. The SMILES string of the molecule is Cc1csc(CC(=O)NNC(=O)CNc2cccc([N+](=O)[O-])c2)n1. The van der Waals surface area contributed by atoms with Crippen LogP contribution in [0.4, 0.5) is 11.4 Å². The van der Waals surface area contributed by atoms with Gasteiger partial charge in [0.15, 0.2) is 0 Å². The molecule has 0 spiro atoms. The van der Waals surface area contributed by atoms with Gasteiger partial charge in [0.25, 0.3) is 11.6 Å². The molecule has 2 amide bonds. The van der Waals surface area contributed by atoms with Crippen LogP contribution in [0.5, 0.6) is 0 Å². The lowest BCUT2D eigenvalue weighted by Crippen LogP contribution is -2.44. The summed E-state index contributed by atoms with van der Waals surface area (Å²) in [4.78, 5) is 37.6. The molecule has 1 heterocycles. The van der Waals surface area contributed by atoms with Crippen LogP contribution in [0.2, 0.25) is 0 Å². The zero-order chi connectivity index (χ0) is 17.5. The Hall–Kier alpha value is -3.01. The maximum absolute atomic E-state index is 11.7. The molecule has 1 aromatic carbocycles. The summed E-state index contributed by atoms with van der Waals surface area (Å²) >= 11 is 1.37. The summed E-state index contributed by atoms with van der Waals surface area (Å²) in [7, 11) is 0. The Balaban J connectivity index is 1.74. The molecule has 1 aromatic heterocycles. The third kappa shape index (κ3) is 5.32. The number of amides is 2. The lowest BCUT2D eigenvalue weighted by Gasteiger charge is -2.08. The second kappa shape index (κ2) is 8.02. The normalized spacial score (nSPS) is 10.0. The number of thiazole rings is 1. The number of aryl methyl sites for hydroxylation is 1. The van der Waals surface area contributed by atoms with Gasteiger partial charge in [0.2, 0.25) is 5.91 Å². The maximum Gasteiger partial charge on any atom is 0.271 e. The molecule has 0 unspecified atom stereocenters. The van der Waals surface area contributed by atoms with Gasteiger partial charge in [-0.15, -0.1) is 11.3 Å². The van der Waals surface area contributed by atoms with Crippen molar-refractivity contribution >= 4 is 34.5 Å². The molecule has 3 N–H and O–H groups in total. The van der Waals surface area contributed by atoms with E-state index >= 15 is 0 Å². The molecule has 0 aliphatic rings. The molecule has 24 heavy (non-hydrogen) atoms. The van der Waals surface area contributed by atoms with Crippen molar-refractivity contribution in [2.24, 2.45) is 0 Å². The second-order valence-corrected chi connectivity index (χ2v) is 5.76. The number of hydrogen-bond acceptors (Lipinski definition) is 7. The van der Waals surface area contributed by atoms with Crippen LogP contribution in [0.15, 0.2) is 29.6 Å². The van der Waals surface area contributed by atoms with Crippen LogP contribution in [-0.2, 0) is 16.0 Å². The largest absolute Gasteiger partial charge is 0.376 e. The van der Waals surface area contributed by atoms with E-state index in [0.717, 1.165) is 5.69 Å². The van der Waals surface area contributed by atoms with Gasteiger partial charge in [0, 0.05) is 28.9 Å². The van der Waals surface area contributed by atoms with E-state index in [1.54, 1.807) is 6.07 Å². The third-order valence-electron chi connectivity index (χ3n) is 2.83. The van der Waals surface area contributed by atoms with Gasteiger partial charge in [-0.3, -0.25) is 30.6 Å². The highest BCUT2D eigenvalue weighted by atomic mass is 32.1. The highest BCUT2D eigenvalue weighted by Crippen LogP contribution is 2.16. The number of nitrogens with zero attached hydrogens (tertiary/aromatic N) is 2. The number of benzene rings is 1. The highest BCUT2D eigenvalue weighted by molar-refractivity contribution is 7.09. The van der Waals surface area contributed by atoms with E-state index in [1.165, 1.54) is 29.5 Å². The van der Waals surface area contributed by atoms with Crippen LogP contribution < -0.4 is 16.2 Å². The average Bonchev–Trinajstić information content (AvgIpc) is 2.96. The molecule has 0 saturated heterocycles. The maximum atomic E-state index is 11.7. The Kier molecular flexibility index (Phi) is 5.79. The lowest BCUT2D eigenvalue weighted by atomic mass is 10.3. The van der Waals surface area contributed by atoms with Crippen molar-refractivity contribution in [3.63, 3.8) is 0 Å². The second-order valence-electron chi connectivity index (χ2n) is 4.82. The third-order valence-corrected chi connectivity index (χ3v) is 3.80. The zero-order valence-corrected chi connectivity index (χ0v) is 13.6. The van der Waals surface area contributed by atoms with Gasteiger partial charge in [0.05, 0.1) is 17.9 Å². The van der Waals surface area contributed by atoms with Crippen molar-refractivity contribution in [2.45, 2.75) is 13.3 Å². The molecule has 0 saturated carbocycles. The number of aromatic nitrogens is 1. The van der Waals surface area contributed by atoms with Gasteiger partial charge in [-0.05, 0) is 13.0 Å². The first-order chi connectivity index (χ1) is 11.4. The summed E-state index contributed by atoms with van der Waals surface area (Å²) in [6, 6.07) is 5.78. The number of nitrogens with one attached hydrogen (secondary N) is 3. The van der Waals surface area contributed by atoms with E-state index < -0.39 is 10.8 Å². The number of hydrogen-bond donors (Lipinski definition) is 3. The Morgan fingerprint density at radius 3 is 2.71 bits per heavy atom. The Morgan fingerprint density at radius 1 is 1.29 bits per heavy atom. The van der Waals surface area contributed by atoms with Gasteiger partial charge in [-0.2, -0.15) is 0 Å². The van der Waals surface area contributed by atoms with Gasteiger partial charge in [-0.1, -0.05) is 6.07 Å². The van der Waals surface area contributed by atoms with Crippen LogP contribution in [0, 0.1) is 17.0 Å². The van der Waals surface area contributed by atoms with Crippen LogP contribution in [0.3, 0.4) is 0 Å². The molecule has 126 valence electrons. The first-order valence-corrected chi connectivity index (χ1v) is 7.79. The Bertz CT molecular complexity index is 761. The summed E-state index contributed by atoms with van der Waals surface area (Å²) in [5.74, 6) is -0.863. The summed E-state index contributed by atoms with van der Waals surface area (Å²) in [6.07, 6.45) is 0.0805. The topological polar surface area (TPSA) is 126 Å². The summed E-state index contributed by atoms with van der Waals surface area (Å²) in [6.45, 7) is 1.69. The van der Waals surface area contributed by atoms with Crippen LogP contribution in [0.25, 0.3) is 0 Å². The van der Waals surface area contributed by atoms with Gasteiger partial charge in [0.1, 0.15) is 5.01 Å². The minimum atomic E-state index is -0.522. The number of anilines is 1. The molecule has 0 aliphatic heterocycles. The fraction of sp³-hybridized carbons (Fsp3) is 0.214. The first-order valence-electron chi connectivity index (χ1n) is 6.91. The van der Waals surface area contributed by atoms with Crippen molar-refractivity contribution in [3.05, 3.63) is 50.5 Å². The van der Waals surface area contributed by atoms with Gasteiger partial charge >= 0.3 is 0 Å². The van der Waals surface area contributed by atoms with Crippen LogP contribution in [0.1, 0.15) is 10.7 Å². The van der Waals surface area contributed by atoms with Crippen molar-refractivity contribution in [1.82, 2.24) is 15.8 Å². The van der Waals surface area contributed by atoms with Gasteiger partial charge in [-0.25, -0.2) is 4.98 Å².